The van der Waals surface area contributed by atoms with Gasteiger partial charge in [-0.25, -0.2) is 4.99 Å². The Labute approximate surface area is 160 Å². The molecule has 0 radical (unpaired) electrons. The lowest BCUT2D eigenvalue weighted by Crippen LogP contribution is -2.40. The Morgan fingerprint density at radius 3 is 2.89 bits per heavy atom. The van der Waals surface area contributed by atoms with Gasteiger partial charge in [0.2, 0.25) is 0 Å². The Morgan fingerprint density at radius 2 is 2.22 bits per heavy atom. The first-order valence-electron chi connectivity index (χ1n) is 9.35. The topological polar surface area (TPSA) is 96.8 Å². The van der Waals surface area contributed by atoms with Gasteiger partial charge in [-0.1, -0.05) is 0 Å². The lowest BCUT2D eigenvalue weighted by atomic mass is 10.0. The number of nitrogens with zero attached hydrogens (tertiary/aromatic N) is 3. The normalized spacial score (nSPS) is 14.1. The van der Waals surface area contributed by atoms with Gasteiger partial charge in [-0.05, 0) is 32.4 Å². The van der Waals surface area contributed by atoms with Gasteiger partial charge in [0.15, 0.2) is 5.96 Å². The van der Waals surface area contributed by atoms with Crippen LogP contribution in [-0.2, 0) is 23.8 Å². The number of aryl methyl sites for hydroxylation is 1. The fraction of sp³-hybridized carbons (Fsp3) is 0.579. The van der Waals surface area contributed by atoms with E-state index in [4.69, 9.17) is 9.15 Å². The number of nitrogens with one attached hydrogen (secondary N) is 2. The highest BCUT2D eigenvalue weighted by Crippen LogP contribution is 2.19. The van der Waals surface area contributed by atoms with E-state index in [0.29, 0.717) is 19.1 Å². The summed E-state index contributed by atoms with van der Waals surface area (Å²) in [7, 11) is 1.82. The molecule has 0 aliphatic heterocycles. The van der Waals surface area contributed by atoms with Crippen LogP contribution in [0.15, 0.2) is 40.2 Å². The fourth-order valence-corrected chi connectivity index (χ4v) is 2.48. The van der Waals surface area contributed by atoms with Crippen LogP contribution in [-0.4, -0.2) is 53.7 Å². The van der Waals surface area contributed by atoms with E-state index in [9.17, 15) is 5.11 Å². The van der Waals surface area contributed by atoms with E-state index in [1.54, 1.807) is 30.3 Å². The van der Waals surface area contributed by atoms with Gasteiger partial charge in [-0.3, -0.25) is 4.68 Å². The number of guanidine groups is 1. The van der Waals surface area contributed by atoms with Crippen molar-refractivity contribution >= 4 is 5.96 Å². The summed E-state index contributed by atoms with van der Waals surface area (Å²) in [5.41, 5.74) is -0.352. The monoisotopic (exact) mass is 377 g/mol. The third kappa shape index (κ3) is 7.44. The van der Waals surface area contributed by atoms with Gasteiger partial charge < -0.3 is 24.9 Å². The van der Waals surface area contributed by atoms with E-state index >= 15 is 0 Å². The van der Waals surface area contributed by atoms with Crippen LogP contribution in [0.4, 0.5) is 0 Å². The average Bonchev–Trinajstić information content (AvgIpc) is 3.31. The summed E-state index contributed by atoms with van der Waals surface area (Å²) in [6.45, 7) is 6.79. The van der Waals surface area contributed by atoms with E-state index in [1.165, 1.54) is 0 Å². The van der Waals surface area contributed by atoms with Crippen LogP contribution in [0.3, 0.4) is 0 Å². The third-order valence-corrected chi connectivity index (χ3v) is 4.08. The molecule has 0 saturated carbocycles. The lowest BCUT2D eigenvalue weighted by Gasteiger charge is -2.20. The van der Waals surface area contributed by atoms with Crippen molar-refractivity contribution in [2.75, 3.05) is 32.8 Å². The molecule has 1 unspecified atom stereocenters. The van der Waals surface area contributed by atoms with Crippen LogP contribution in [0.25, 0.3) is 0 Å². The van der Waals surface area contributed by atoms with Gasteiger partial charge in [0.1, 0.15) is 11.4 Å². The van der Waals surface area contributed by atoms with Crippen molar-refractivity contribution in [3.05, 3.63) is 42.1 Å². The van der Waals surface area contributed by atoms with Crippen molar-refractivity contribution in [2.45, 2.75) is 32.3 Å². The third-order valence-electron chi connectivity index (χ3n) is 4.08. The van der Waals surface area contributed by atoms with Gasteiger partial charge in [-0.2, -0.15) is 5.10 Å². The molecule has 2 aromatic heterocycles. The molecule has 0 amide bonds. The molecule has 0 aliphatic carbocycles. The minimum absolute atomic E-state index is 0.222. The molecule has 2 heterocycles. The van der Waals surface area contributed by atoms with Crippen LogP contribution < -0.4 is 10.6 Å². The van der Waals surface area contributed by atoms with E-state index in [0.717, 1.165) is 37.3 Å². The summed E-state index contributed by atoms with van der Waals surface area (Å²) < 4.78 is 12.4. The number of hydrogen-bond acceptors (Lipinski definition) is 5. The molecule has 2 aromatic rings. The summed E-state index contributed by atoms with van der Waals surface area (Å²) in [4.78, 5) is 4.55. The van der Waals surface area contributed by atoms with Crippen molar-refractivity contribution < 1.29 is 14.3 Å². The van der Waals surface area contributed by atoms with E-state index in [1.807, 2.05) is 26.1 Å². The minimum atomic E-state index is -1.09. The van der Waals surface area contributed by atoms with E-state index in [-0.39, 0.29) is 6.54 Å². The second-order valence-corrected chi connectivity index (χ2v) is 6.57. The van der Waals surface area contributed by atoms with Crippen molar-refractivity contribution in [1.29, 1.82) is 0 Å². The lowest BCUT2D eigenvalue weighted by molar-refractivity contribution is 0.0671. The van der Waals surface area contributed by atoms with Crippen LogP contribution in [0.5, 0.6) is 0 Å². The van der Waals surface area contributed by atoms with Crippen LogP contribution in [0.1, 0.15) is 31.6 Å². The van der Waals surface area contributed by atoms with Crippen LogP contribution in [0.2, 0.25) is 0 Å². The first-order chi connectivity index (χ1) is 13.0. The zero-order valence-corrected chi connectivity index (χ0v) is 16.4. The summed E-state index contributed by atoms with van der Waals surface area (Å²) in [5.74, 6) is 1.57. The number of ether oxygens (including phenoxy) is 1. The summed E-state index contributed by atoms with van der Waals surface area (Å²) in [6.07, 6.45) is 6.77. The summed E-state index contributed by atoms with van der Waals surface area (Å²) in [6, 6.07) is 3.82. The number of aromatic nitrogens is 2. The number of aliphatic imine (C=N–C) groups is 1. The molecule has 1 atom stereocenters. The molecule has 2 rings (SSSR count). The molecule has 27 heavy (non-hydrogen) atoms. The maximum Gasteiger partial charge on any atom is 0.191 e. The maximum atomic E-state index is 10.7. The highest BCUT2D eigenvalue weighted by molar-refractivity contribution is 5.79. The van der Waals surface area contributed by atoms with Crippen molar-refractivity contribution in [2.24, 2.45) is 12.0 Å². The first-order valence-corrected chi connectivity index (χ1v) is 9.35. The largest absolute Gasteiger partial charge is 0.469 e. The molecule has 0 fully saturated rings. The number of furan rings is 1. The Bertz CT molecular complexity index is 679. The molecule has 8 heteroatoms. The maximum absolute atomic E-state index is 10.7. The summed E-state index contributed by atoms with van der Waals surface area (Å²) >= 11 is 0. The molecular formula is C19H31N5O3. The molecule has 0 saturated heterocycles. The van der Waals surface area contributed by atoms with Gasteiger partial charge in [0.05, 0.1) is 19.0 Å². The predicted molar refractivity (Wildman–Crippen MR) is 105 cm³/mol. The van der Waals surface area contributed by atoms with Crippen molar-refractivity contribution in [3.63, 3.8) is 0 Å². The Hall–Kier alpha value is -2.32. The van der Waals surface area contributed by atoms with Crippen LogP contribution in [0, 0.1) is 0 Å². The van der Waals surface area contributed by atoms with E-state index in [2.05, 4.69) is 20.7 Å². The van der Waals surface area contributed by atoms with Gasteiger partial charge >= 0.3 is 0 Å². The second kappa shape index (κ2) is 10.7. The highest BCUT2D eigenvalue weighted by Gasteiger charge is 2.24. The zero-order chi connectivity index (χ0) is 19.5. The van der Waals surface area contributed by atoms with Gasteiger partial charge in [0, 0.05) is 51.5 Å². The average molecular weight is 377 g/mol. The SMILES string of the molecule is CCOCCCNC(=NCC(C)(O)c1cnn(C)c1)NCCc1ccco1. The first kappa shape index (κ1) is 21.0. The van der Waals surface area contributed by atoms with Gasteiger partial charge in [0.25, 0.3) is 0 Å². The minimum Gasteiger partial charge on any atom is -0.469 e. The molecule has 0 aromatic carbocycles. The van der Waals surface area contributed by atoms with E-state index < -0.39 is 5.60 Å². The Kier molecular flexibility index (Phi) is 8.35. The molecular weight excluding hydrogens is 346 g/mol. The predicted octanol–water partition coefficient (Wildman–Crippen LogP) is 1.43. The number of rotatable bonds is 11. The number of aliphatic hydroxyl groups is 1. The highest BCUT2D eigenvalue weighted by atomic mass is 16.5. The smallest absolute Gasteiger partial charge is 0.191 e. The Balaban J connectivity index is 1.90. The zero-order valence-electron chi connectivity index (χ0n) is 16.4. The van der Waals surface area contributed by atoms with Gasteiger partial charge in [-0.15, -0.1) is 0 Å². The fourth-order valence-electron chi connectivity index (χ4n) is 2.48. The number of hydrogen-bond donors (Lipinski definition) is 3. The molecule has 150 valence electrons. The molecule has 0 spiro atoms. The van der Waals surface area contributed by atoms with Crippen molar-refractivity contribution in [1.82, 2.24) is 20.4 Å². The standard InChI is InChI=1S/C19H31N5O3/c1-4-26-11-6-9-20-18(21-10-8-17-7-5-12-27-17)22-15-19(2,25)16-13-23-24(3)14-16/h5,7,12-14,25H,4,6,8-11,15H2,1-3H3,(H2,20,21,22). The Morgan fingerprint density at radius 1 is 1.41 bits per heavy atom. The molecule has 3 N–H and O–H groups in total. The molecule has 8 nitrogen and oxygen atoms in total. The molecule has 0 aliphatic rings. The van der Waals surface area contributed by atoms with Crippen LogP contribution >= 0.6 is 0 Å². The van der Waals surface area contributed by atoms with Crippen molar-refractivity contribution in [3.8, 4) is 0 Å². The quantitative estimate of drug-likeness (QED) is 0.311. The summed E-state index contributed by atoms with van der Waals surface area (Å²) in [5, 5.41) is 21.4. The second-order valence-electron chi connectivity index (χ2n) is 6.57. The molecule has 0 bridgehead atoms.